The van der Waals surface area contributed by atoms with Gasteiger partial charge in [0.05, 0.1) is 22.3 Å². The third-order valence-electron chi connectivity index (χ3n) is 5.74. The van der Waals surface area contributed by atoms with Crippen molar-refractivity contribution in [1.82, 2.24) is 9.78 Å². The zero-order valence-corrected chi connectivity index (χ0v) is 18.3. The lowest BCUT2D eigenvalue weighted by Crippen LogP contribution is -2.44. The van der Waals surface area contributed by atoms with Gasteiger partial charge in [0.15, 0.2) is 5.82 Å². The van der Waals surface area contributed by atoms with Crippen molar-refractivity contribution in [2.45, 2.75) is 19.4 Å². The number of nitrogens with zero attached hydrogens (tertiary/aromatic N) is 4. The first-order valence-corrected chi connectivity index (χ1v) is 10.7. The quantitative estimate of drug-likeness (QED) is 0.490. The van der Waals surface area contributed by atoms with Crippen LogP contribution in [0.15, 0.2) is 53.7 Å². The Labute approximate surface area is 188 Å². The van der Waals surface area contributed by atoms with Crippen LogP contribution >= 0.6 is 34.8 Å². The molecule has 0 aliphatic carbocycles. The van der Waals surface area contributed by atoms with Crippen LogP contribution in [0.25, 0.3) is 0 Å². The summed E-state index contributed by atoms with van der Waals surface area (Å²) in [5.41, 5.74) is 3.64. The summed E-state index contributed by atoms with van der Waals surface area (Å²) in [6.07, 6.45) is 2.39. The van der Waals surface area contributed by atoms with Crippen LogP contribution < -0.4 is 4.90 Å². The standard InChI is InChI=1S/C22H17Cl3N4O/c1-12-19(22(30)28-9-8-13-4-2-3-5-18(13)28)20(14-6-7-15(23)16(24)10-14)29-21(27-12)17(25)11-26-29/h2-7,10-11,19-20H,8-9H2,1H3. The van der Waals surface area contributed by atoms with Gasteiger partial charge in [0.2, 0.25) is 5.91 Å². The van der Waals surface area contributed by atoms with E-state index in [9.17, 15) is 4.79 Å². The summed E-state index contributed by atoms with van der Waals surface area (Å²) >= 11 is 18.8. The highest BCUT2D eigenvalue weighted by Crippen LogP contribution is 2.42. The summed E-state index contributed by atoms with van der Waals surface area (Å²) in [6, 6.07) is 13.0. The van der Waals surface area contributed by atoms with Crippen LogP contribution in [-0.4, -0.2) is 27.9 Å². The van der Waals surface area contributed by atoms with Gasteiger partial charge in [-0.15, -0.1) is 0 Å². The summed E-state index contributed by atoms with van der Waals surface area (Å²) in [5.74, 6) is -0.0254. The molecule has 152 valence electrons. The van der Waals surface area contributed by atoms with Crippen LogP contribution in [0.4, 0.5) is 11.5 Å². The summed E-state index contributed by atoms with van der Waals surface area (Å²) in [5, 5.41) is 5.75. The molecule has 1 amide bonds. The monoisotopic (exact) mass is 458 g/mol. The molecular weight excluding hydrogens is 443 g/mol. The van der Waals surface area contributed by atoms with Crippen LogP contribution in [0.5, 0.6) is 0 Å². The highest BCUT2D eigenvalue weighted by molar-refractivity contribution is 6.42. The van der Waals surface area contributed by atoms with Crippen molar-refractivity contribution < 1.29 is 4.79 Å². The van der Waals surface area contributed by atoms with Crippen LogP contribution in [-0.2, 0) is 11.2 Å². The molecule has 0 saturated heterocycles. The Balaban J connectivity index is 1.64. The molecule has 5 nitrogen and oxygen atoms in total. The molecule has 2 atom stereocenters. The lowest BCUT2D eigenvalue weighted by Gasteiger charge is -2.34. The van der Waals surface area contributed by atoms with E-state index in [0.29, 0.717) is 33.1 Å². The number of hydrogen-bond acceptors (Lipinski definition) is 3. The number of amides is 1. The van der Waals surface area contributed by atoms with E-state index in [1.165, 1.54) is 5.56 Å². The summed E-state index contributed by atoms with van der Waals surface area (Å²) < 4.78 is 1.71. The van der Waals surface area contributed by atoms with Gasteiger partial charge < -0.3 is 4.90 Å². The molecule has 3 aromatic rings. The lowest BCUT2D eigenvalue weighted by atomic mass is 9.87. The number of carbonyl (C=O) groups is 1. The largest absolute Gasteiger partial charge is 0.311 e. The van der Waals surface area contributed by atoms with E-state index in [1.54, 1.807) is 23.0 Å². The van der Waals surface area contributed by atoms with Crippen molar-refractivity contribution in [3.8, 4) is 0 Å². The van der Waals surface area contributed by atoms with E-state index in [0.717, 1.165) is 17.7 Å². The van der Waals surface area contributed by atoms with Crippen molar-refractivity contribution in [2.75, 3.05) is 11.4 Å². The molecule has 0 spiro atoms. The molecule has 0 bridgehead atoms. The second kappa shape index (κ2) is 7.41. The topological polar surface area (TPSA) is 50.5 Å². The number of rotatable bonds is 2. The number of fused-ring (bicyclic) bond motifs is 2. The van der Waals surface area contributed by atoms with Gasteiger partial charge in [-0.25, -0.2) is 9.67 Å². The maximum absolute atomic E-state index is 13.8. The number of aromatic nitrogens is 2. The first-order valence-electron chi connectivity index (χ1n) is 9.58. The molecule has 30 heavy (non-hydrogen) atoms. The molecule has 0 fully saturated rings. The summed E-state index contributed by atoms with van der Waals surface area (Å²) in [4.78, 5) is 20.3. The van der Waals surface area contributed by atoms with Crippen LogP contribution in [0.2, 0.25) is 15.1 Å². The van der Waals surface area contributed by atoms with Crippen molar-refractivity contribution in [1.29, 1.82) is 0 Å². The predicted octanol–water partition coefficient (Wildman–Crippen LogP) is 5.74. The minimum absolute atomic E-state index is 0.0189. The first kappa shape index (κ1) is 19.6. The van der Waals surface area contributed by atoms with Crippen molar-refractivity contribution in [3.63, 3.8) is 0 Å². The number of aliphatic imine (C=N–C) groups is 1. The van der Waals surface area contributed by atoms with Gasteiger partial charge in [-0.2, -0.15) is 5.10 Å². The van der Waals surface area contributed by atoms with Gasteiger partial charge in [-0.3, -0.25) is 4.79 Å². The van der Waals surface area contributed by atoms with Gasteiger partial charge in [-0.05, 0) is 42.7 Å². The van der Waals surface area contributed by atoms with Gasteiger partial charge in [0.1, 0.15) is 10.9 Å². The zero-order valence-electron chi connectivity index (χ0n) is 16.0. The molecule has 2 unspecified atom stereocenters. The Morgan fingerprint density at radius 3 is 2.67 bits per heavy atom. The van der Waals surface area contributed by atoms with Crippen LogP contribution in [0.3, 0.4) is 0 Å². The normalized spacial score (nSPS) is 20.0. The second-order valence-corrected chi connectivity index (χ2v) is 8.70. The third kappa shape index (κ3) is 3.04. The molecule has 0 radical (unpaired) electrons. The van der Waals surface area contributed by atoms with Gasteiger partial charge in [-0.1, -0.05) is 59.1 Å². The van der Waals surface area contributed by atoms with Crippen molar-refractivity contribution in [3.05, 3.63) is 74.9 Å². The summed E-state index contributed by atoms with van der Waals surface area (Å²) in [6.45, 7) is 2.50. The molecule has 1 aromatic heterocycles. The van der Waals surface area contributed by atoms with Gasteiger partial charge >= 0.3 is 0 Å². The average molecular weight is 460 g/mol. The van der Waals surface area contributed by atoms with E-state index in [2.05, 4.69) is 16.2 Å². The third-order valence-corrected chi connectivity index (χ3v) is 6.75. The number of carbonyl (C=O) groups excluding carboxylic acids is 1. The molecule has 2 aromatic carbocycles. The Kier molecular flexibility index (Phi) is 4.85. The lowest BCUT2D eigenvalue weighted by molar-refractivity contribution is -0.121. The fourth-order valence-corrected chi connectivity index (χ4v) is 4.81. The molecular formula is C22H17Cl3N4O. The molecule has 3 heterocycles. The average Bonchev–Trinajstić information content (AvgIpc) is 3.33. The smallest absolute Gasteiger partial charge is 0.238 e. The number of halogens is 3. The van der Waals surface area contributed by atoms with Crippen molar-refractivity contribution in [2.24, 2.45) is 10.9 Å². The van der Waals surface area contributed by atoms with Crippen LogP contribution in [0, 0.1) is 5.92 Å². The molecule has 2 aliphatic heterocycles. The molecule has 0 saturated carbocycles. The number of para-hydroxylation sites is 1. The number of benzene rings is 2. The Morgan fingerprint density at radius 2 is 1.87 bits per heavy atom. The molecule has 2 aliphatic rings. The van der Waals surface area contributed by atoms with E-state index < -0.39 is 12.0 Å². The Hall–Kier alpha value is -2.34. The number of anilines is 1. The maximum atomic E-state index is 13.8. The SMILES string of the molecule is CC1=Nc2c(Cl)cnn2C(c2ccc(Cl)c(Cl)c2)C1C(=O)N1CCc2ccccc21. The zero-order chi connectivity index (χ0) is 21.0. The molecule has 8 heteroatoms. The highest BCUT2D eigenvalue weighted by Gasteiger charge is 2.42. The number of hydrogen-bond donors (Lipinski definition) is 0. The van der Waals surface area contributed by atoms with Crippen molar-refractivity contribution >= 4 is 57.9 Å². The summed E-state index contributed by atoms with van der Waals surface area (Å²) in [7, 11) is 0. The van der Waals surface area contributed by atoms with E-state index >= 15 is 0 Å². The highest BCUT2D eigenvalue weighted by atomic mass is 35.5. The first-order chi connectivity index (χ1) is 14.5. The van der Waals surface area contributed by atoms with Crippen LogP contribution in [0.1, 0.15) is 24.1 Å². The molecule has 5 rings (SSSR count). The minimum atomic E-state index is -0.545. The molecule has 0 N–H and O–H groups in total. The van der Waals surface area contributed by atoms with E-state index in [1.807, 2.05) is 36.1 Å². The Bertz CT molecular complexity index is 1200. The minimum Gasteiger partial charge on any atom is -0.311 e. The fraction of sp³-hybridized carbons (Fsp3) is 0.227. The van der Waals surface area contributed by atoms with E-state index in [4.69, 9.17) is 34.8 Å². The predicted molar refractivity (Wildman–Crippen MR) is 121 cm³/mol. The maximum Gasteiger partial charge on any atom is 0.238 e. The second-order valence-electron chi connectivity index (χ2n) is 7.48. The van der Waals surface area contributed by atoms with Gasteiger partial charge in [0, 0.05) is 17.9 Å². The Morgan fingerprint density at radius 1 is 1.07 bits per heavy atom. The fourth-order valence-electron chi connectivity index (χ4n) is 4.33. The van der Waals surface area contributed by atoms with E-state index in [-0.39, 0.29) is 5.91 Å². The van der Waals surface area contributed by atoms with Gasteiger partial charge in [0.25, 0.3) is 0 Å².